The number of carbonyl (C=O) groups excluding carboxylic acids is 7. The predicted octanol–water partition coefficient (Wildman–Crippen LogP) is 3.20. The molecule has 1 aliphatic rings. The molecular weight excluding hydrogens is 871 g/mol. The van der Waals surface area contributed by atoms with Crippen LogP contribution in [0.3, 0.4) is 0 Å². The Morgan fingerprint density at radius 1 is 0.746 bits per heavy atom. The maximum Gasteiger partial charge on any atom is 0.336 e. The highest BCUT2D eigenvalue weighted by Gasteiger charge is 2.45. The Bertz CT molecular complexity index is 2000. The Kier molecular flexibility index (Phi) is 21.7. The molecule has 2 aromatic carbocycles. The quantitative estimate of drug-likeness (QED) is 0.0589. The second-order valence-corrected chi connectivity index (χ2v) is 17.0. The minimum absolute atomic E-state index is 0.0427. The number of carboxylic acid groups (broad SMARTS) is 2. The van der Waals surface area contributed by atoms with Crippen molar-refractivity contribution in [2.75, 3.05) is 6.54 Å². The molecule has 1 saturated heterocycles. The van der Waals surface area contributed by atoms with Gasteiger partial charge in [0.25, 0.3) is 11.8 Å². The topological polar surface area (TPSA) is 279 Å². The molecule has 7 N–H and O–H groups in total. The number of amides is 7. The van der Waals surface area contributed by atoms with Gasteiger partial charge in [-0.3, -0.25) is 39.0 Å². The van der Waals surface area contributed by atoms with E-state index in [0.29, 0.717) is 12.8 Å². The smallest absolute Gasteiger partial charge is 0.336 e. The normalized spacial score (nSPS) is 17.2. The molecule has 20 nitrogen and oxygen atoms in total. The van der Waals surface area contributed by atoms with E-state index in [1.54, 1.807) is 27.7 Å². The molecule has 0 unspecified atom stereocenters. The van der Waals surface area contributed by atoms with Gasteiger partial charge in [0.15, 0.2) is 6.10 Å². The van der Waals surface area contributed by atoms with Crippen molar-refractivity contribution in [2.24, 2.45) is 11.8 Å². The second-order valence-electron chi connectivity index (χ2n) is 17.0. The SMILES string of the molecule is CCC(CC)N(NC(=O)[C@H]1C[C@@H](OCc2ccccc2)CN1C(=O)[C@@H](NC(=O)[C@@H](OC(=O)[C@@H](CC(=O)O)NC(=O)[C@H](CC(=O)O)NC(C)=O)[C@H](C)CC)C(C)C)C(=O)N[C@@H](C)c1ccccc1. The molecular formula is C47H67N7O13. The van der Waals surface area contributed by atoms with Crippen molar-refractivity contribution in [2.45, 2.75) is 149 Å². The van der Waals surface area contributed by atoms with Crippen LogP contribution >= 0.6 is 0 Å². The molecule has 8 atom stereocenters. The number of carbonyl (C=O) groups is 9. The number of hydrazine groups is 1. The summed E-state index contributed by atoms with van der Waals surface area (Å²) in [5.74, 6) is -9.91. The summed E-state index contributed by atoms with van der Waals surface area (Å²) in [5, 5.41) is 30.0. The Balaban J connectivity index is 1.93. The largest absolute Gasteiger partial charge is 0.481 e. The number of aliphatic carboxylic acids is 2. The number of carboxylic acids is 2. The number of likely N-dealkylation sites (tertiary alicyclic amines) is 1. The summed E-state index contributed by atoms with van der Waals surface area (Å²) in [6, 6.07) is 11.1. The predicted molar refractivity (Wildman–Crippen MR) is 243 cm³/mol. The van der Waals surface area contributed by atoms with Crippen molar-refractivity contribution in [1.82, 2.24) is 36.6 Å². The molecule has 0 aromatic heterocycles. The average molecular weight is 938 g/mol. The van der Waals surface area contributed by atoms with Crippen molar-refractivity contribution < 1.29 is 62.8 Å². The maximum absolute atomic E-state index is 14.8. The van der Waals surface area contributed by atoms with Crippen molar-refractivity contribution in [3.05, 3.63) is 71.8 Å². The van der Waals surface area contributed by atoms with E-state index in [2.05, 4.69) is 26.7 Å². The van der Waals surface area contributed by atoms with Gasteiger partial charge >= 0.3 is 23.9 Å². The van der Waals surface area contributed by atoms with Gasteiger partial charge in [-0.05, 0) is 43.2 Å². The summed E-state index contributed by atoms with van der Waals surface area (Å²) in [7, 11) is 0. The molecule has 368 valence electrons. The first-order valence-corrected chi connectivity index (χ1v) is 22.6. The molecule has 1 fully saturated rings. The van der Waals surface area contributed by atoms with E-state index in [1.165, 1.54) is 9.91 Å². The highest BCUT2D eigenvalue weighted by Crippen LogP contribution is 2.26. The van der Waals surface area contributed by atoms with Gasteiger partial charge in [-0.15, -0.1) is 0 Å². The Morgan fingerprint density at radius 3 is 1.87 bits per heavy atom. The zero-order valence-electron chi connectivity index (χ0n) is 39.5. The van der Waals surface area contributed by atoms with Gasteiger partial charge in [-0.1, -0.05) is 102 Å². The first kappa shape index (κ1) is 54.8. The number of ether oxygens (including phenoxy) is 2. The van der Waals surface area contributed by atoms with E-state index in [-0.39, 0.29) is 26.0 Å². The van der Waals surface area contributed by atoms with Crippen LogP contribution in [0.2, 0.25) is 0 Å². The molecule has 7 amide bonds. The number of nitrogens with one attached hydrogen (secondary N) is 5. The van der Waals surface area contributed by atoms with Crippen LogP contribution in [0.5, 0.6) is 0 Å². The lowest BCUT2D eigenvalue weighted by Crippen LogP contribution is -2.61. The first-order chi connectivity index (χ1) is 31.7. The van der Waals surface area contributed by atoms with Gasteiger partial charge in [0.1, 0.15) is 24.2 Å². The third kappa shape index (κ3) is 16.7. The van der Waals surface area contributed by atoms with Crippen LogP contribution in [0.1, 0.15) is 111 Å². The van der Waals surface area contributed by atoms with Crippen LogP contribution in [0.25, 0.3) is 0 Å². The molecule has 3 rings (SSSR count). The molecule has 0 aliphatic carbocycles. The number of nitrogens with zero attached hydrogens (tertiary/aromatic N) is 2. The van der Waals surface area contributed by atoms with E-state index < -0.39 is 127 Å². The fourth-order valence-corrected chi connectivity index (χ4v) is 7.48. The number of hydrogen-bond acceptors (Lipinski definition) is 11. The summed E-state index contributed by atoms with van der Waals surface area (Å²) in [5.41, 5.74) is 4.50. The molecule has 1 heterocycles. The summed E-state index contributed by atoms with van der Waals surface area (Å²) in [6.07, 6.45) is -2.90. The van der Waals surface area contributed by atoms with E-state index in [0.717, 1.165) is 18.1 Å². The van der Waals surface area contributed by atoms with Gasteiger partial charge in [0.2, 0.25) is 17.7 Å². The minimum atomic E-state index is -1.92. The number of hydrogen-bond donors (Lipinski definition) is 7. The third-order valence-corrected chi connectivity index (χ3v) is 11.5. The standard InChI is InChI=1S/C47H67N7O13/c1-9-28(6)41(67-46(64)36(24-39(58)59)50-42(60)35(23-38(56)57)49-30(8)55)44(62)51-40(27(4)5)45(63)53-25-34(66-26-31-18-14-12-15-19-31)22-37(53)43(61)52-54(33(10-2)11-3)47(65)48-29(7)32-20-16-13-17-21-32/h12-21,27-29,33-37,40-41H,9-11,22-26H2,1-8H3,(H,48,65)(H,49,55)(H,50,60)(H,51,62)(H,52,61)(H,56,57)(H,58,59)/t28-,29+,34-,35+,36-,37-,40+,41+/m1/s1. The lowest BCUT2D eigenvalue weighted by atomic mass is 9.98. The Labute approximate surface area is 391 Å². The Morgan fingerprint density at radius 2 is 1.33 bits per heavy atom. The van der Waals surface area contributed by atoms with E-state index in [4.69, 9.17) is 9.47 Å². The van der Waals surface area contributed by atoms with Gasteiger partial charge in [0, 0.05) is 25.8 Å². The summed E-state index contributed by atoms with van der Waals surface area (Å²) in [6.45, 7) is 13.3. The minimum Gasteiger partial charge on any atom is -0.481 e. The fraction of sp³-hybridized carbons (Fsp3) is 0.553. The van der Waals surface area contributed by atoms with Crippen LogP contribution in [-0.4, -0.2) is 123 Å². The highest BCUT2D eigenvalue weighted by atomic mass is 16.6. The maximum atomic E-state index is 14.8. The van der Waals surface area contributed by atoms with E-state index >= 15 is 0 Å². The van der Waals surface area contributed by atoms with E-state index in [9.17, 15) is 53.4 Å². The lowest BCUT2D eigenvalue weighted by molar-refractivity contribution is -0.164. The highest BCUT2D eigenvalue weighted by molar-refractivity contribution is 5.96. The van der Waals surface area contributed by atoms with Crippen LogP contribution < -0.4 is 26.7 Å². The molecule has 0 saturated carbocycles. The summed E-state index contributed by atoms with van der Waals surface area (Å²) >= 11 is 0. The third-order valence-electron chi connectivity index (χ3n) is 11.5. The molecule has 67 heavy (non-hydrogen) atoms. The number of urea groups is 1. The van der Waals surface area contributed by atoms with E-state index in [1.807, 2.05) is 81.4 Å². The number of rotatable bonds is 24. The second kappa shape index (κ2) is 26.5. The molecule has 0 bridgehead atoms. The van der Waals surface area contributed by atoms with Crippen LogP contribution in [0, 0.1) is 11.8 Å². The van der Waals surface area contributed by atoms with Crippen LogP contribution in [-0.2, 0) is 54.4 Å². The van der Waals surface area contributed by atoms with Crippen LogP contribution in [0.4, 0.5) is 4.79 Å². The zero-order valence-corrected chi connectivity index (χ0v) is 39.5. The monoisotopic (exact) mass is 937 g/mol. The molecule has 2 aromatic rings. The summed E-state index contributed by atoms with van der Waals surface area (Å²) < 4.78 is 11.8. The molecule has 1 aliphatic heterocycles. The number of benzene rings is 2. The average Bonchev–Trinajstić information content (AvgIpc) is 3.72. The number of esters is 1. The molecule has 0 spiro atoms. The van der Waals surface area contributed by atoms with Crippen molar-refractivity contribution in [3.8, 4) is 0 Å². The van der Waals surface area contributed by atoms with Gasteiger partial charge in [-0.2, -0.15) is 0 Å². The summed E-state index contributed by atoms with van der Waals surface area (Å²) in [4.78, 5) is 120. The lowest BCUT2D eigenvalue weighted by Gasteiger charge is -2.35. The zero-order chi connectivity index (χ0) is 50.0. The molecule has 0 radical (unpaired) electrons. The van der Waals surface area contributed by atoms with Gasteiger partial charge in [-0.25, -0.2) is 14.6 Å². The molecule has 20 heteroatoms. The van der Waals surface area contributed by atoms with Crippen molar-refractivity contribution >= 4 is 53.5 Å². The van der Waals surface area contributed by atoms with Gasteiger partial charge < -0.3 is 45.9 Å². The first-order valence-electron chi connectivity index (χ1n) is 22.6. The van der Waals surface area contributed by atoms with Crippen molar-refractivity contribution in [1.29, 1.82) is 0 Å². The van der Waals surface area contributed by atoms with Gasteiger partial charge in [0.05, 0.1) is 37.6 Å². The van der Waals surface area contributed by atoms with Crippen molar-refractivity contribution in [3.63, 3.8) is 0 Å². The fourth-order valence-electron chi connectivity index (χ4n) is 7.48. The Hall–Kier alpha value is -6.57. The van der Waals surface area contributed by atoms with Crippen LogP contribution in [0.15, 0.2) is 60.7 Å².